The summed E-state index contributed by atoms with van der Waals surface area (Å²) in [5, 5.41) is 6.70. The molecule has 0 atom stereocenters. The number of aryl methyl sites for hydroxylation is 1. The first-order valence-corrected chi connectivity index (χ1v) is 11.1. The minimum absolute atomic E-state index is 0.0872. The zero-order valence-corrected chi connectivity index (χ0v) is 19.6. The average molecular weight is 489 g/mol. The maximum absolute atomic E-state index is 13.1. The zero-order valence-electron chi connectivity index (χ0n) is 19.6. The van der Waals surface area contributed by atoms with Crippen LogP contribution in [0.1, 0.15) is 41.2 Å². The van der Waals surface area contributed by atoms with E-state index in [9.17, 15) is 22.8 Å². The molecular formula is C25H26F3N3O4. The molecule has 0 bridgehead atoms. The molecule has 1 heterocycles. The normalized spacial score (nSPS) is 11.3. The molecule has 35 heavy (non-hydrogen) atoms. The van der Waals surface area contributed by atoms with Gasteiger partial charge < -0.3 is 14.8 Å². The lowest BCUT2D eigenvalue weighted by Gasteiger charge is -2.14. The molecule has 0 radical (unpaired) electrons. The number of carbonyl (C=O) groups is 1. The van der Waals surface area contributed by atoms with Crippen molar-refractivity contribution in [2.45, 2.75) is 33.4 Å². The van der Waals surface area contributed by atoms with Crippen molar-refractivity contribution in [3.8, 4) is 17.2 Å². The molecule has 3 aromatic rings. The van der Waals surface area contributed by atoms with E-state index >= 15 is 0 Å². The van der Waals surface area contributed by atoms with Crippen LogP contribution < -0.4 is 20.2 Å². The fourth-order valence-corrected chi connectivity index (χ4v) is 3.44. The first-order chi connectivity index (χ1) is 16.6. The van der Waals surface area contributed by atoms with Crippen LogP contribution in [0.25, 0.3) is 5.69 Å². The van der Waals surface area contributed by atoms with E-state index in [0.717, 1.165) is 22.4 Å². The van der Waals surface area contributed by atoms with Crippen LogP contribution in [0.5, 0.6) is 11.5 Å². The maximum Gasteiger partial charge on any atom is 0.416 e. The Morgan fingerprint density at radius 2 is 1.74 bits per heavy atom. The molecule has 0 aliphatic carbocycles. The van der Waals surface area contributed by atoms with Gasteiger partial charge in [0, 0.05) is 18.3 Å². The van der Waals surface area contributed by atoms with E-state index in [1.807, 2.05) is 26.0 Å². The fraction of sp³-hybridized carbons (Fsp3) is 0.320. The van der Waals surface area contributed by atoms with Crippen LogP contribution in [0.2, 0.25) is 0 Å². The van der Waals surface area contributed by atoms with Gasteiger partial charge in [0.2, 0.25) is 5.43 Å². The van der Waals surface area contributed by atoms with E-state index in [2.05, 4.69) is 10.4 Å². The third kappa shape index (κ3) is 6.40. The minimum atomic E-state index is -4.54. The van der Waals surface area contributed by atoms with Crippen molar-refractivity contribution in [3.05, 3.63) is 81.3 Å². The Labute approximate surface area is 200 Å². The Morgan fingerprint density at radius 1 is 1.03 bits per heavy atom. The molecule has 186 valence electrons. The van der Waals surface area contributed by atoms with E-state index in [1.165, 1.54) is 25.1 Å². The summed E-state index contributed by atoms with van der Waals surface area (Å²) in [4.78, 5) is 25.1. The summed E-state index contributed by atoms with van der Waals surface area (Å²) in [7, 11) is 0. The van der Waals surface area contributed by atoms with Crippen molar-refractivity contribution in [3.63, 3.8) is 0 Å². The monoisotopic (exact) mass is 489 g/mol. The topological polar surface area (TPSA) is 82.5 Å². The lowest BCUT2D eigenvalue weighted by Crippen LogP contribution is -2.33. The highest BCUT2D eigenvalue weighted by atomic mass is 19.4. The molecule has 1 N–H and O–H groups in total. The van der Waals surface area contributed by atoms with E-state index in [1.54, 1.807) is 6.07 Å². The number of hydrogen-bond donors (Lipinski definition) is 1. The predicted octanol–water partition coefficient (Wildman–Crippen LogP) is 4.33. The number of amides is 1. The van der Waals surface area contributed by atoms with E-state index in [-0.39, 0.29) is 12.2 Å². The molecule has 10 heteroatoms. The molecule has 0 saturated carbocycles. The van der Waals surface area contributed by atoms with Gasteiger partial charge in [-0.15, -0.1) is 0 Å². The van der Waals surface area contributed by atoms with Crippen molar-refractivity contribution >= 4 is 5.91 Å². The maximum atomic E-state index is 13.1. The molecule has 0 spiro atoms. The van der Waals surface area contributed by atoms with Crippen molar-refractivity contribution in [2.24, 2.45) is 0 Å². The van der Waals surface area contributed by atoms with Crippen LogP contribution >= 0.6 is 0 Å². The zero-order chi connectivity index (χ0) is 25.6. The van der Waals surface area contributed by atoms with Crippen molar-refractivity contribution in [1.29, 1.82) is 0 Å². The number of carbonyl (C=O) groups excluding carboxylic acids is 1. The molecule has 0 unspecified atom stereocenters. The summed E-state index contributed by atoms with van der Waals surface area (Å²) in [6.07, 6.45) is -4.09. The minimum Gasteiger partial charge on any atom is -0.490 e. The quantitative estimate of drug-likeness (QED) is 0.484. The van der Waals surface area contributed by atoms with Gasteiger partial charge in [-0.1, -0.05) is 12.1 Å². The number of hydrogen-bond acceptors (Lipinski definition) is 5. The Morgan fingerprint density at radius 3 is 2.43 bits per heavy atom. The highest BCUT2D eigenvalue weighted by Gasteiger charge is 2.30. The van der Waals surface area contributed by atoms with E-state index in [0.29, 0.717) is 36.8 Å². The largest absolute Gasteiger partial charge is 0.490 e. The van der Waals surface area contributed by atoms with Gasteiger partial charge in [-0.3, -0.25) is 9.59 Å². The number of nitrogens with one attached hydrogen (secondary N) is 1. The first-order valence-electron chi connectivity index (χ1n) is 11.1. The van der Waals surface area contributed by atoms with Crippen LogP contribution in [0.4, 0.5) is 13.2 Å². The fourth-order valence-electron chi connectivity index (χ4n) is 3.44. The van der Waals surface area contributed by atoms with Gasteiger partial charge in [-0.25, -0.2) is 4.68 Å². The molecule has 0 saturated heterocycles. The second kappa shape index (κ2) is 11.1. The second-order valence-corrected chi connectivity index (χ2v) is 7.61. The van der Waals surface area contributed by atoms with Crippen LogP contribution in [0.15, 0.2) is 53.3 Å². The van der Waals surface area contributed by atoms with E-state index < -0.39 is 28.8 Å². The highest BCUT2D eigenvalue weighted by molar-refractivity contribution is 5.92. The lowest BCUT2D eigenvalue weighted by atomic mass is 10.1. The Balaban J connectivity index is 1.76. The number of aromatic nitrogens is 2. The molecule has 0 aliphatic heterocycles. The number of rotatable bonds is 9. The van der Waals surface area contributed by atoms with E-state index in [4.69, 9.17) is 9.47 Å². The number of ether oxygens (including phenoxy) is 2. The third-order valence-electron chi connectivity index (χ3n) is 5.05. The van der Waals surface area contributed by atoms with Crippen molar-refractivity contribution < 1.29 is 27.4 Å². The summed E-state index contributed by atoms with van der Waals surface area (Å²) in [5.41, 5.74) is -0.622. The van der Waals surface area contributed by atoms with Crippen LogP contribution in [0.3, 0.4) is 0 Å². The molecule has 3 rings (SSSR count). The summed E-state index contributed by atoms with van der Waals surface area (Å²) < 4.78 is 51.6. The SMILES string of the molecule is CCOc1ccc(CCNC(=O)c2nn(-c3cccc(C(F)(F)F)c3)c(C)cc2=O)cc1OCC. The van der Waals surface area contributed by atoms with Gasteiger partial charge in [0.25, 0.3) is 5.91 Å². The molecule has 0 fully saturated rings. The van der Waals surface area contributed by atoms with Gasteiger partial charge in [0.15, 0.2) is 17.2 Å². The molecule has 1 amide bonds. The molecular weight excluding hydrogens is 463 g/mol. The highest BCUT2D eigenvalue weighted by Crippen LogP contribution is 2.30. The number of nitrogens with zero attached hydrogens (tertiary/aromatic N) is 2. The van der Waals surface area contributed by atoms with Crippen LogP contribution in [-0.2, 0) is 12.6 Å². The summed E-state index contributed by atoms with van der Waals surface area (Å²) in [6, 6.07) is 11.1. The van der Waals surface area contributed by atoms with Crippen molar-refractivity contribution in [1.82, 2.24) is 15.1 Å². The summed E-state index contributed by atoms with van der Waals surface area (Å²) in [5.74, 6) is 0.509. The smallest absolute Gasteiger partial charge is 0.416 e. The molecule has 7 nitrogen and oxygen atoms in total. The lowest BCUT2D eigenvalue weighted by molar-refractivity contribution is -0.137. The Bertz CT molecular complexity index is 1260. The van der Waals surface area contributed by atoms with Gasteiger partial charge in [-0.05, 0) is 63.1 Å². The first kappa shape index (κ1) is 25.8. The summed E-state index contributed by atoms with van der Waals surface area (Å²) >= 11 is 0. The second-order valence-electron chi connectivity index (χ2n) is 7.61. The van der Waals surface area contributed by atoms with Gasteiger partial charge in [-0.2, -0.15) is 18.3 Å². The van der Waals surface area contributed by atoms with Gasteiger partial charge >= 0.3 is 6.18 Å². The number of alkyl halides is 3. The third-order valence-corrected chi connectivity index (χ3v) is 5.05. The summed E-state index contributed by atoms with van der Waals surface area (Å²) in [6.45, 7) is 6.44. The Kier molecular flexibility index (Phi) is 8.16. The number of halogens is 3. The van der Waals surface area contributed by atoms with Gasteiger partial charge in [0.05, 0.1) is 24.5 Å². The van der Waals surface area contributed by atoms with Crippen molar-refractivity contribution in [2.75, 3.05) is 19.8 Å². The van der Waals surface area contributed by atoms with Gasteiger partial charge in [0.1, 0.15) is 0 Å². The molecule has 2 aromatic carbocycles. The average Bonchev–Trinajstić information content (AvgIpc) is 2.80. The molecule has 0 aliphatic rings. The standard InChI is InChI=1S/C25H26F3N3O4/c1-4-34-21-10-9-17(14-22(21)35-5-2)11-12-29-24(33)23-20(32)13-16(3)31(30-23)19-8-6-7-18(15-19)25(26,27)28/h6-10,13-15H,4-5,11-12H2,1-3H3,(H,29,33). The van der Waals surface area contributed by atoms with Crippen LogP contribution in [0, 0.1) is 6.92 Å². The predicted molar refractivity (Wildman–Crippen MR) is 124 cm³/mol. The number of benzene rings is 2. The van der Waals surface area contributed by atoms with Crippen LogP contribution in [-0.4, -0.2) is 35.4 Å². The Hall–Kier alpha value is -3.82. The molecule has 1 aromatic heterocycles.